The molecule has 0 N–H and O–H groups in total. The van der Waals surface area contributed by atoms with Crippen molar-refractivity contribution in [2.75, 3.05) is 0 Å². The van der Waals surface area contributed by atoms with Crippen molar-refractivity contribution in [2.24, 2.45) is 0 Å². The molecular weight excluding hydrogens is 661 g/mol. The van der Waals surface area contributed by atoms with E-state index in [4.69, 9.17) is 29.9 Å². The average Bonchev–Trinajstić information content (AvgIpc) is 3.27. The molecule has 0 saturated heterocycles. The summed E-state index contributed by atoms with van der Waals surface area (Å²) in [4.78, 5) is 31.4. The largest absolute Gasteiger partial charge is 0.212 e. The molecule has 0 radical (unpaired) electrons. The van der Waals surface area contributed by atoms with Crippen LogP contribution < -0.4 is 0 Å². The van der Waals surface area contributed by atoms with Crippen molar-refractivity contribution in [1.29, 1.82) is 0 Å². The highest BCUT2D eigenvalue weighted by Crippen LogP contribution is 2.43. The monoisotopic (exact) mass is 694 g/mol. The molecule has 1 unspecified atom stereocenters. The lowest BCUT2D eigenvalue weighted by molar-refractivity contribution is 0.563. The van der Waals surface area contributed by atoms with Crippen molar-refractivity contribution in [3.8, 4) is 56.7 Å². The van der Waals surface area contributed by atoms with E-state index in [2.05, 4.69) is 91.0 Å². The molecule has 0 fully saturated rings. The van der Waals surface area contributed by atoms with E-state index in [1.165, 1.54) is 0 Å². The second-order valence-electron chi connectivity index (χ2n) is 13.2. The van der Waals surface area contributed by atoms with Crippen LogP contribution in [0.5, 0.6) is 0 Å². The highest BCUT2D eigenvalue weighted by molar-refractivity contribution is 5.74. The van der Waals surface area contributed by atoms with Gasteiger partial charge in [-0.05, 0) is 34.8 Å². The molecule has 2 heterocycles. The smallest absolute Gasteiger partial charge is 0.163 e. The summed E-state index contributed by atoms with van der Waals surface area (Å²) in [5, 5.41) is 0. The molecule has 8 aromatic rings. The van der Waals surface area contributed by atoms with Crippen LogP contribution in [0.25, 0.3) is 62.3 Å². The van der Waals surface area contributed by atoms with Gasteiger partial charge in [0.15, 0.2) is 34.9 Å². The summed E-state index contributed by atoms with van der Waals surface area (Å²) in [6, 6.07) is 59.4. The molecule has 9 rings (SSSR count). The summed E-state index contributed by atoms with van der Waals surface area (Å²) < 4.78 is 0. The number of allylic oxidation sites excluding steroid dienone is 4. The molecule has 0 saturated carbocycles. The topological polar surface area (TPSA) is 77.3 Å². The molecule has 1 aliphatic carbocycles. The minimum atomic E-state index is -0.992. The van der Waals surface area contributed by atoms with E-state index in [9.17, 15) is 0 Å². The van der Waals surface area contributed by atoms with Gasteiger partial charge in [-0.1, -0.05) is 188 Å². The molecule has 0 bridgehead atoms. The van der Waals surface area contributed by atoms with Crippen LogP contribution in [0.1, 0.15) is 23.6 Å². The predicted molar refractivity (Wildman–Crippen MR) is 216 cm³/mol. The second-order valence-corrected chi connectivity index (χ2v) is 13.2. The van der Waals surface area contributed by atoms with Crippen molar-refractivity contribution < 1.29 is 0 Å². The Balaban J connectivity index is 1.31. The van der Waals surface area contributed by atoms with Crippen LogP contribution in [0.3, 0.4) is 0 Å². The Labute approximate surface area is 314 Å². The highest BCUT2D eigenvalue weighted by Gasteiger charge is 2.42. The quantitative estimate of drug-likeness (QED) is 0.158. The number of nitrogens with zero attached hydrogens (tertiary/aromatic N) is 6. The Kier molecular flexibility index (Phi) is 8.75. The molecule has 2 aromatic heterocycles. The van der Waals surface area contributed by atoms with Crippen LogP contribution >= 0.6 is 0 Å². The lowest BCUT2D eigenvalue weighted by atomic mass is 9.75. The van der Waals surface area contributed by atoms with Crippen LogP contribution in [0.15, 0.2) is 194 Å². The summed E-state index contributed by atoms with van der Waals surface area (Å²) >= 11 is 0. The van der Waals surface area contributed by atoms with Crippen molar-refractivity contribution in [2.45, 2.75) is 11.8 Å². The van der Waals surface area contributed by atoms with Gasteiger partial charge in [-0.15, -0.1) is 0 Å². The van der Waals surface area contributed by atoms with Crippen LogP contribution in [-0.2, 0) is 5.41 Å². The highest BCUT2D eigenvalue weighted by atomic mass is 15.1. The van der Waals surface area contributed by atoms with Crippen LogP contribution in [0, 0.1) is 0 Å². The first-order chi connectivity index (χ1) is 26.7. The van der Waals surface area contributed by atoms with E-state index < -0.39 is 5.41 Å². The summed E-state index contributed by atoms with van der Waals surface area (Å²) in [6.07, 6.45) is 6.91. The van der Waals surface area contributed by atoms with Gasteiger partial charge in [0.25, 0.3) is 0 Å². The van der Waals surface area contributed by atoms with Gasteiger partial charge in [0, 0.05) is 22.3 Å². The first-order valence-corrected chi connectivity index (χ1v) is 18.0. The maximum Gasteiger partial charge on any atom is 0.163 e. The summed E-state index contributed by atoms with van der Waals surface area (Å²) in [7, 11) is 0. The van der Waals surface area contributed by atoms with E-state index in [1.54, 1.807) is 0 Å². The fourth-order valence-corrected chi connectivity index (χ4v) is 6.90. The molecule has 6 aromatic carbocycles. The molecule has 1 aliphatic rings. The fourth-order valence-electron chi connectivity index (χ4n) is 6.90. The second kappa shape index (κ2) is 14.4. The Bertz CT molecular complexity index is 2550. The summed E-state index contributed by atoms with van der Waals surface area (Å²) in [5.41, 5.74) is 7.00. The Morgan fingerprint density at radius 1 is 0.333 bits per heavy atom. The third kappa shape index (κ3) is 6.53. The van der Waals surface area contributed by atoms with E-state index in [0.29, 0.717) is 41.4 Å². The summed E-state index contributed by atoms with van der Waals surface area (Å²) in [5.74, 6) is 3.42. The minimum Gasteiger partial charge on any atom is -0.212 e. The molecule has 6 nitrogen and oxygen atoms in total. The van der Waals surface area contributed by atoms with E-state index in [-0.39, 0.29) is 0 Å². The zero-order valence-corrected chi connectivity index (χ0v) is 29.4. The van der Waals surface area contributed by atoms with Gasteiger partial charge in [-0.2, -0.15) is 0 Å². The molecule has 256 valence electrons. The van der Waals surface area contributed by atoms with Crippen molar-refractivity contribution >= 4 is 5.57 Å². The lowest BCUT2D eigenvalue weighted by Crippen LogP contribution is -2.33. The number of hydrogen-bond acceptors (Lipinski definition) is 6. The van der Waals surface area contributed by atoms with Gasteiger partial charge < -0.3 is 0 Å². The first-order valence-electron chi connectivity index (χ1n) is 18.0. The van der Waals surface area contributed by atoms with Crippen LogP contribution in [-0.4, -0.2) is 29.9 Å². The number of rotatable bonds is 8. The Morgan fingerprint density at radius 2 is 0.704 bits per heavy atom. The average molecular weight is 695 g/mol. The van der Waals surface area contributed by atoms with Gasteiger partial charge in [-0.25, -0.2) is 29.9 Å². The Morgan fingerprint density at radius 3 is 1.17 bits per heavy atom. The fraction of sp³-hybridized carbons (Fsp3) is 0.0417. The van der Waals surface area contributed by atoms with Gasteiger partial charge in [0.1, 0.15) is 5.41 Å². The molecule has 1 atom stereocenters. The summed E-state index contributed by atoms with van der Waals surface area (Å²) in [6.45, 7) is 0. The maximum atomic E-state index is 5.37. The lowest BCUT2D eigenvalue weighted by Gasteiger charge is -2.32. The maximum absolute atomic E-state index is 5.37. The molecule has 0 amide bonds. The molecule has 54 heavy (non-hydrogen) atoms. The minimum absolute atomic E-state index is 0.516. The van der Waals surface area contributed by atoms with Crippen molar-refractivity contribution in [1.82, 2.24) is 29.9 Å². The van der Waals surface area contributed by atoms with Gasteiger partial charge in [0.2, 0.25) is 0 Å². The van der Waals surface area contributed by atoms with E-state index >= 15 is 0 Å². The SMILES string of the molecule is C1=CC(c2nc(-c3ccccc3)nc(-c3ccccc3)n2)(c2nc(-c3ccccc3)nc(-c3cccc(-c4ccccc4)c3)n2)CC(c2ccccc2)=C1. The van der Waals surface area contributed by atoms with Crippen molar-refractivity contribution in [3.05, 3.63) is 211 Å². The molecule has 0 aliphatic heterocycles. The van der Waals surface area contributed by atoms with Gasteiger partial charge >= 0.3 is 0 Å². The van der Waals surface area contributed by atoms with Crippen LogP contribution in [0.2, 0.25) is 0 Å². The standard InChI is InChI=1S/C48H34N6/c1-6-18-34(19-7-1)39-28-16-29-40(32-39)45-50-44(38-26-14-5-15-27-38)53-47(54-45)48(31-17-30-41(33-48)35-20-8-2-9-21-35)46-51-42(36-22-10-3-11-23-36)49-43(52-46)37-24-12-4-13-25-37/h1-32H,33H2. The van der Waals surface area contributed by atoms with Gasteiger partial charge in [0.05, 0.1) is 0 Å². The van der Waals surface area contributed by atoms with Gasteiger partial charge in [-0.3, -0.25) is 0 Å². The zero-order chi connectivity index (χ0) is 36.2. The normalized spacial score (nSPS) is 15.1. The first kappa shape index (κ1) is 32.7. The number of benzene rings is 6. The number of aromatic nitrogens is 6. The van der Waals surface area contributed by atoms with E-state index in [0.717, 1.165) is 44.5 Å². The third-order valence-corrected chi connectivity index (χ3v) is 9.68. The predicted octanol–water partition coefficient (Wildman–Crippen LogP) is 10.7. The van der Waals surface area contributed by atoms with Crippen LogP contribution in [0.4, 0.5) is 0 Å². The van der Waals surface area contributed by atoms with E-state index in [1.807, 2.05) is 103 Å². The molecule has 0 spiro atoms. The number of hydrogen-bond donors (Lipinski definition) is 0. The Hall–Kier alpha value is -7.18. The molecular formula is C48H34N6. The third-order valence-electron chi connectivity index (χ3n) is 9.68. The zero-order valence-electron chi connectivity index (χ0n) is 29.4. The van der Waals surface area contributed by atoms with Crippen molar-refractivity contribution in [3.63, 3.8) is 0 Å². The molecule has 6 heteroatoms.